The number of aliphatic hydroxyl groups excluding tert-OH is 4. The Morgan fingerprint density at radius 2 is 1.95 bits per heavy atom. The van der Waals surface area contributed by atoms with E-state index in [1.165, 1.54) is 0 Å². The zero-order chi connectivity index (χ0) is 15.6. The molecule has 5 atom stereocenters. The Morgan fingerprint density at radius 1 is 1.24 bits per heavy atom. The topological polar surface area (TPSA) is 99.4 Å². The van der Waals surface area contributed by atoms with Gasteiger partial charge in [0.15, 0.2) is 6.29 Å². The molecule has 0 radical (unpaired) electrons. The van der Waals surface area contributed by atoms with E-state index >= 15 is 0 Å². The number of ether oxygens (including phenoxy) is 2. The van der Waals surface area contributed by atoms with Gasteiger partial charge in [0.05, 0.1) is 23.3 Å². The monoisotopic (exact) mass is 338 g/mol. The van der Waals surface area contributed by atoms with Crippen LogP contribution in [-0.2, 0) is 9.47 Å². The molecule has 6 nitrogen and oxygen atoms in total. The Balaban J connectivity index is 2.14. The van der Waals surface area contributed by atoms with Gasteiger partial charge in [-0.2, -0.15) is 0 Å². The normalized spacial score (nSPS) is 29.1. The fourth-order valence-electron chi connectivity index (χ4n) is 2.02. The molecule has 4 N–H and O–H groups in total. The molecule has 1 fully saturated rings. The Hall–Kier alpha value is -0.440. The van der Waals surface area contributed by atoms with Crippen molar-refractivity contribution in [3.05, 3.63) is 33.8 Å². The summed E-state index contributed by atoms with van der Waals surface area (Å²) in [6, 6.07) is 4.77. The zero-order valence-electron chi connectivity index (χ0n) is 10.9. The Morgan fingerprint density at radius 3 is 2.57 bits per heavy atom. The fourth-order valence-corrected chi connectivity index (χ4v) is 2.33. The summed E-state index contributed by atoms with van der Waals surface area (Å²) in [6.07, 6.45) is -5.95. The molecule has 1 aliphatic heterocycles. The predicted molar refractivity (Wildman–Crippen MR) is 75.1 cm³/mol. The molecule has 1 aromatic rings. The van der Waals surface area contributed by atoms with Gasteiger partial charge in [-0.1, -0.05) is 29.3 Å². The molecule has 2 rings (SSSR count). The first-order valence-corrected chi connectivity index (χ1v) is 7.06. The summed E-state index contributed by atoms with van der Waals surface area (Å²) < 4.78 is 10.8. The van der Waals surface area contributed by atoms with Gasteiger partial charge < -0.3 is 29.9 Å². The van der Waals surface area contributed by atoms with Crippen LogP contribution in [0.25, 0.3) is 0 Å². The number of halogens is 2. The highest BCUT2D eigenvalue weighted by molar-refractivity contribution is 6.42. The van der Waals surface area contributed by atoms with Crippen molar-refractivity contribution in [3.8, 4) is 0 Å². The lowest BCUT2D eigenvalue weighted by Gasteiger charge is -2.37. The van der Waals surface area contributed by atoms with Gasteiger partial charge in [-0.3, -0.25) is 0 Å². The van der Waals surface area contributed by atoms with Gasteiger partial charge in [0, 0.05) is 5.56 Å². The van der Waals surface area contributed by atoms with Crippen molar-refractivity contribution >= 4 is 23.2 Å². The third-order valence-electron chi connectivity index (χ3n) is 3.21. The maximum Gasteiger partial charge on any atom is 0.184 e. The van der Waals surface area contributed by atoms with Gasteiger partial charge in [0.25, 0.3) is 0 Å². The first kappa shape index (κ1) is 16.9. The summed E-state index contributed by atoms with van der Waals surface area (Å²) in [5.41, 5.74) is 0.562. The van der Waals surface area contributed by atoms with Gasteiger partial charge in [-0.05, 0) is 12.1 Å². The van der Waals surface area contributed by atoms with Crippen LogP contribution in [0.3, 0.4) is 0 Å². The summed E-state index contributed by atoms with van der Waals surface area (Å²) in [4.78, 5) is 0. The van der Waals surface area contributed by atoms with Crippen molar-refractivity contribution < 1.29 is 29.9 Å². The minimum Gasteiger partial charge on any atom is -0.394 e. The van der Waals surface area contributed by atoms with Crippen LogP contribution in [0, 0.1) is 0 Å². The molecule has 2 unspecified atom stereocenters. The van der Waals surface area contributed by atoms with E-state index in [4.69, 9.17) is 37.8 Å². The molecule has 0 saturated carbocycles. The molecular formula is C13H16Cl2O6. The lowest BCUT2D eigenvalue weighted by molar-refractivity contribution is -0.284. The number of aliphatic hydroxyl groups is 4. The first-order chi connectivity index (χ1) is 9.93. The molecule has 0 amide bonds. The van der Waals surface area contributed by atoms with Gasteiger partial charge in [0.2, 0.25) is 0 Å². The van der Waals surface area contributed by atoms with E-state index in [-0.39, 0.29) is 6.61 Å². The van der Waals surface area contributed by atoms with Gasteiger partial charge >= 0.3 is 0 Å². The third kappa shape index (κ3) is 3.85. The average molecular weight is 339 g/mol. The van der Waals surface area contributed by atoms with E-state index in [0.717, 1.165) is 0 Å². The molecule has 21 heavy (non-hydrogen) atoms. The fraction of sp³-hybridized carbons (Fsp3) is 0.538. The highest BCUT2D eigenvalue weighted by Gasteiger charge is 2.39. The predicted octanol–water partition coefficient (Wildman–Crippen LogP) is 0.482. The summed E-state index contributed by atoms with van der Waals surface area (Å²) in [5, 5.41) is 38.7. The molecule has 0 aliphatic carbocycles. The lowest BCUT2D eigenvalue weighted by Crippen LogP contribution is -2.52. The Labute approximate surface area is 131 Å². The molecule has 0 bridgehead atoms. The van der Waals surface area contributed by atoms with Crippen LogP contribution in [0.1, 0.15) is 11.9 Å². The van der Waals surface area contributed by atoms with Crippen LogP contribution in [0.4, 0.5) is 0 Å². The average Bonchev–Trinajstić information content (AvgIpc) is 2.49. The lowest BCUT2D eigenvalue weighted by atomic mass is 10.0. The van der Waals surface area contributed by atoms with Crippen LogP contribution in [0.15, 0.2) is 18.2 Å². The largest absolute Gasteiger partial charge is 0.394 e. The standard InChI is InChI=1S/C13H16Cl2O6/c14-7-2-1-6(3-8(7)15)13-20-5-10(18)12(21-13)11(19)9(17)4-16/h1-3,9-13,16-19H,4-5H2/t9-,10+,11-,12?,13?/m1/s1. The zero-order valence-corrected chi connectivity index (χ0v) is 12.4. The van der Waals surface area contributed by atoms with Crippen LogP contribution in [0.5, 0.6) is 0 Å². The van der Waals surface area contributed by atoms with Crippen molar-refractivity contribution in [3.63, 3.8) is 0 Å². The second-order valence-electron chi connectivity index (χ2n) is 4.75. The van der Waals surface area contributed by atoms with Crippen molar-refractivity contribution in [2.45, 2.75) is 30.7 Å². The Kier molecular flexibility index (Phi) is 5.81. The maximum atomic E-state index is 9.88. The third-order valence-corrected chi connectivity index (χ3v) is 3.95. The molecule has 0 aromatic heterocycles. The molecule has 1 aromatic carbocycles. The molecule has 8 heteroatoms. The van der Waals surface area contributed by atoms with Crippen molar-refractivity contribution in [1.29, 1.82) is 0 Å². The summed E-state index contributed by atoms with van der Waals surface area (Å²) in [6.45, 7) is -0.739. The Bertz CT molecular complexity index is 486. The van der Waals surface area contributed by atoms with E-state index in [9.17, 15) is 15.3 Å². The molecule has 1 saturated heterocycles. The molecule has 0 spiro atoms. The molecular weight excluding hydrogens is 323 g/mol. The second-order valence-corrected chi connectivity index (χ2v) is 5.56. The van der Waals surface area contributed by atoms with Crippen molar-refractivity contribution in [2.75, 3.05) is 13.2 Å². The molecule has 1 heterocycles. The van der Waals surface area contributed by atoms with Crippen molar-refractivity contribution in [2.24, 2.45) is 0 Å². The van der Waals surface area contributed by atoms with Gasteiger partial charge in [-0.25, -0.2) is 0 Å². The van der Waals surface area contributed by atoms with Crippen LogP contribution in [0.2, 0.25) is 10.0 Å². The van der Waals surface area contributed by atoms with Crippen LogP contribution in [-0.4, -0.2) is 58.1 Å². The van der Waals surface area contributed by atoms with E-state index in [2.05, 4.69) is 0 Å². The highest BCUT2D eigenvalue weighted by atomic mass is 35.5. The quantitative estimate of drug-likeness (QED) is 0.637. The number of rotatable bonds is 4. The van der Waals surface area contributed by atoms with Crippen LogP contribution < -0.4 is 0 Å². The summed E-state index contributed by atoms with van der Waals surface area (Å²) in [7, 11) is 0. The maximum absolute atomic E-state index is 9.88. The minimum atomic E-state index is -1.45. The second kappa shape index (κ2) is 7.21. The molecule has 118 valence electrons. The van der Waals surface area contributed by atoms with Gasteiger partial charge in [0.1, 0.15) is 24.4 Å². The number of hydrogen-bond acceptors (Lipinski definition) is 6. The number of benzene rings is 1. The highest BCUT2D eigenvalue weighted by Crippen LogP contribution is 2.32. The summed E-state index contributed by atoms with van der Waals surface area (Å²) >= 11 is 11.7. The minimum absolute atomic E-state index is 0.0925. The van der Waals surface area contributed by atoms with Crippen LogP contribution >= 0.6 is 23.2 Å². The van der Waals surface area contributed by atoms with Crippen molar-refractivity contribution in [1.82, 2.24) is 0 Å². The number of hydrogen-bond donors (Lipinski definition) is 4. The first-order valence-electron chi connectivity index (χ1n) is 6.31. The smallest absolute Gasteiger partial charge is 0.184 e. The van der Waals surface area contributed by atoms with E-state index in [0.29, 0.717) is 15.6 Å². The summed E-state index contributed by atoms with van der Waals surface area (Å²) in [5.74, 6) is 0. The van der Waals surface area contributed by atoms with E-state index in [1.54, 1.807) is 18.2 Å². The van der Waals surface area contributed by atoms with E-state index in [1.807, 2.05) is 0 Å². The molecule has 1 aliphatic rings. The SMILES string of the molecule is OC[C@@H](O)[C@@H](O)C1OC(c2ccc(Cl)c(Cl)c2)OC[C@@H]1O. The van der Waals surface area contributed by atoms with Gasteiger partial charge in [-0.15, -0.1) is 0 Å². The van der Waals surface area contributed by atoms with E-state index < -0.39 is 37.3 Å².